The van der Waals surface area contributed by atoms with Gasteiger partial charge >= 0.3 is 0 Å². The molecule has 19 heavy (non-hydrogen) atoms. The van der Waals surface area contributed by atoms with Crippen LogP contribution in [0.25, 0.3) is 0 Å². The summed E-state index contributed by atoms with van der Waals surface area (Å²) >= 11 is 0. The number of hydrogen-bond donors (Lipinski definition) is 1. The Morgan fingerprint density at radius 2 is 2.11 bits per heavy atom. The van der Waals surface area contributed by atoms with Crippen molar-refractivity contribution in [3.8, 4) is 0 Å². The summed E-state index contributed by atoms with van der Waals surface area (Å²) < 4.78 is 0. The standard InChI is InChI=1S/C14H25N3O2/c1-14(2,10-15)6-4-7-16-9-12(18)17-8-3-5-11(17)13(16)19/h11H,3-10,15H2,1-2H3. The molecule has 0 aliphatic carbocycles. The molecule has 2 saturated heterocycles. The highest BCUT2D eigenvalue weighted by Gasteiger charge is 2.41. The van der Waals surface area contributed by atoms with Gasteiger partial charge in [-0.05, 0) is 37.6 Å². The predicted molar refractivity (Wildman–Crippen MR) is 73.4 cm³/mol. The Hall–Kier alpha value is -1.10. The minimum absolute atomic E-state index is 0.111. The van der Waals surface area contributed by atoms with Gasteiger partial charge < -0.3 is 15.5 Å². The van der Waals surface area contributed by atoms with E-state index in [4.69, 9.17) is 5.73 Å². The molecule has 2 heterocycles. The number of fused-ring (bicyclic) bond motifs is 1. The number of rotatable bonds is 5. The first-order valence-corrected chi connectivity index (χ1v) is 7.23. The molecule has 5 heteroatoms. The molecule has 0 aromatic heterocycles. The largest absolute Gasteiger partial charge is 0.332 e. The number of carbonyl (C=O) groups is 2. The van der Waals surface area contributed by atoms with E-state index >= 15 is 0 Å². The lowest BCUT2D eigenvalue weighted by molar-refractivity contribution is -0.153. The van der Waals surface area contributed by atoms with Crippen LogP contribution < -0.4 is 5.73 Å². The van der Waals surface area contributed by atoms with Gasteiger partial charge in [0.25, 0.3) is 0 Å². The number of nitrogens with zero attached hydrogens (tertiary/aromatic N) is 2. The molecular formula is C14H25N3O2. The lowest BCUT2D eigenvalue weighted by Crippen LogP contribution is -2.57. The molecular weight excluding hydrogens is 242 g/mol. The van der Waals surface area contributed by atoms with Crippen LogP contribution in [0.1, 0.15) is 39.5 Å². The molecule has 2 aliphatic rings. The maximum Gasteiger partial charge on any atom is 0.245 e. The molecule has 0 aromatic rings. The minimum atomic E-state index is -0.177. The summed E-state index contributed by atoms with van der Waals surface area (Å²) in [6.45, 7) is 6.61. The van der Waals surface area contributed by atoms with Gasteiger partial charge in [-0.3, -0.25) is 9.59 Å². The Labute approximate surface area is 115 Å². The third-order valence-corrected chi connectivity index (χ3v) is 4.33. The van der Waals surface area contributed by atoms with E-state index in [9.17, 15) is 9.59 Å². The van der Waals surface area contributed by atoms with Crippen LogP contribution in [0.3, 0.4) is 0 Å². The smallest absolute Gasteiger partial charge is 0.245 e. The Kier molecular flexibility index (Phi) is 4.13. The molecule has 2 rings (SSSR count). The van der Waals surface area contributed by atoms with Gasteiger partial charge in [-0.15, -0.1) is 0 Å². The summed E-state index contributed by atoms with van der Waals surface area (Å²) in [5, 5.41) is 0. The summed E-state index contributed by atoms with van der Waals surface area (Å²) in [5.74, 6) is 0.253. The number of piperazine rings is 1. The predicted octanol–water partition coefficient (Wildman–Crippen LogP) is 0.585. The maximum absolute atomic E-state index is 12.3. The molecule has 1 unspecified atom stereocenters. The van der Waals surface area contributed by atoms with Crippen molar-refractivity contribution in [2.45, 2.75) is 45.6 Å². The molecule has 0 aromatic carbocycles. The number of hydrogen-bond acceptors (Lipinski definition) is 3. The molecule has 2 aliphatic heterocycles. The van der Waals surface area contributed by atoms with Crippen LogP contribution in [0, 0.1) is 5.41 Å². The summed E-state index contributed by atoms with van der Waals surface area (Å²) in [4.78, 5) is 27.7. The van der Waals surface area contributed by atoms with Crippen LogP contribution in [0.15, 0.2) is 0 Å². The molecule has 2 fully saturated rings. The Bertz CT molecular complexity index is 368. The highest BCUT2D eigenvalue weighted by atomic mass is 16.2. The zero-order valence-electron chi connectivity index (χ0n) is 12.0. The summed E-state index contributed by atoms with van der Waals surface area (Å²) in [6.07, 6.45) is 3.68. The van der Waals surface area contributed by atoms with Crippen LogP contribution in [-0.2, 0) is 9.59 Å². The Morgan fingerprint density at radius 3 is 2.79 bits per heavy atom. The van der Waals surface area contributed by atoms with Gasteiger partial charge in [-0.2, -0.15) is 0 Å². The molecule has 1 atom stereocenters. The van der Waals surface area contributed by atoms with Gasteiger partial charge in [-0.25, -0.2) is 0 Å². The van der Waals surface area contributed by atoms with E-state index in [1.165, 1.54) is 0 Å². The van der Waals surface area contributed by atoms with Crippen molar-refractivity contribution in [2.75, 3.05) is 26.2 Å². The van der Waals surface area contributed by atoms with Crippen molar-refractivity contribution in [3.05, 3.63) is 0 Å². The van der Waals surface area contributed by atoms with Gasteiger partial charge in [0.05, 0.1) is 6.54 Å². The molecule has 5 nitrogen and oxygen atoms in total. The van der Waals surface area contributed by atoms with Gasteiger partial charge in [0.1, 0.15) is 6.04 Å². The molecule has 2 N–H and O–H groups in total. The molecule has 2 amide bonds. The fraction of sp³-hybridized carbons (Fsp3) is 0.857. The average Bonchev–Trinajstić information content (AvgIpc) is 2.85. The molecule has 0 radical (unpaired) electrons. The van der Waals surface area contributed by atoms with Gasteiger partial charge in [0.15, 0.2) is 0 Å². The van der Waals surface area contributed by atoms with E-state index in [2.05, 4.69) is 13.8 Å². The number of amides is 2. The van der Waals surface area contributed by atoms with E-state index in [0.717, 1.165) is 32.2 Å². The van der Waals surface area contributed by atoms with E-state index in [1.807, 2.05) is 0 Å². The van der Waals surface area contributed by atoms with Gasteiger partial charge in [0.2, 0.25) is 11.8 Å². The number of carbonyl (C=O) groups excluding carboxylic acids is 2. The van der Waals surface area contributed by atoms with Crippen LogP contribution in [0.4, 0.5) is 0 Å². The van der Waals surface area contributed by atoms with Crippen molar-refractivity contribution in [1.29, 1.82) is 0 Å². The monoisotopic (exact) mass is 267 g/mol. The third kappa shape index (κ3) is 3.08. The highest BCUT2D eigenvalue weighted by molar-refractivity contribution is 5.95. The van der Waals surface area contributed by atoms with Crippen molar-refractivity contribution in [2.24, 2.45) is 11.1 Å². The summed E-state index contributed by atoms with van der Waals surface area (Å²) in [5.41, 5.74) is 5.82. The van der Waals surface area contributed by atoms with Crippen LogP contribution in [0.2, 0.25) is 0 Å². The van der Waals surface area contributed by atoms with Crippen molar-refractivity contribution < 1.29 is 9.59 Å². The van der Waals surface area contributed by atoms with Crippen molar-refractivity contribution >= 4 is 11.8 Å². The lowest BCUT2D eigenvalue weighted by Gasteiger charge is -2.36. The number of nitrogens with two attached hydrogens (primary N) is 1. The second kappa shape index (κ2) is 5.49. The normalized spacial score (nSPS) is 24.1. The molecule has 0 bridgehead atoms. The van der Waals surface area contributed by atoms with Crippen molar-refractivity contribution in [1.82, 2.24) is 9.80 Å². The van der Waals surface area contributed by atoms with Gasteiger partial charge in [-0.1, -0.05) is 13.8 Å². The van der Waals surface area contributed by atoms with Crippen LogP contribution in [-0.4, -0.2) is 53.8 Å². The minimum Gasteiger partial charge on any atom is -0.332 e. The zero-order chi connectivity index (χ0) is 14.0. The third-order valence-electron chi connectivity index (χ3n) is 4.33. The van der Waals surface area contributed by atoms with E-state index in [1.54, 1.807) is 9.80 Å². The SMILES string of the molecule is CC(C)(CN)CCCN1CC(=O)N2CCCC2C1=O. The first-order valence-electron chi connectivity index (χ1n) is 7.23. The molecule has 0 spiro atoms. The highest BCUT2D eigenvalue weighted by Crippen LogP contribution is 2.25. The first kappa shape index (κ1) is 14.3. The van der Waals surface area contributed by atoms with E-state index < -0.39 is 0 Å². The van der Waals surface area contributed by atoms with Gasteiger partial charge in [0, 0.05) is 13.1 Å². The molecule has 108 valence electrons. The second-order valence-electron chi connectivity index (χ2n) is 6.48. The van der Waals surface area contributed by atoms with Crippen molar-refractivity contribution in [3.63, 3.8) is 0 Å². The Morgan fingerprint density at radius 1 is 1.37 bits per heavy atom. The fourth-order valence-electron chi connectivity index (χ4n) is 2.90. The summed E-state index contributed by atoms with van der Waals surface area (Å²) in [7, 11) is 0. The Balaban J connectivity index is 1.87. The second-order valence-corrected chi connectivity index (χ2v) is 6.48. The summed E-state index contributed by atoms with van der Waals surface area (Å²) in [6, 6.07) is -0.177. The molecule has 0 saturated carbocycles. The van der Waals surface area contributed by atoms with Crippen LogP contribution >= 0.6 is 0 Å². The lowest BCUT2D eigenvalue weighted by atomic mass is 9.88. The zero-order valence-corrected chi connectivity index (χ0v) is 12.0. The average molecular weight is 267 g/mol. The quantitative estimate of drug-likeness (QED) is 0.792. The topological polar surface area (TPSA) is 66.6 Å². The van der Waals surface area contributed by atoms with E-state index in [-0.39, 0.29) is 29.8 Å². The maximum atomic E-state index is 12.3. The fourth-order valence-corrected chi connectivity index (χ4v) is 2.90. The van der Waals surface area contributed by atoms with Crippen LogP contribution in [0.5, 0.6) is 0 Å². The van der Waals surface area contributed by atoms with E-state index in [0.29, 0.717) is 13.1 Å². The first-order chi connectivity index (χ1) is 8.94.